The molecular formula is C13H19ClO2S. The van der Waals surface area contributed by atoms with E-state index in [1.165, 1.54) is 0 Å². The van der Waals surface area contributed by atoms with E-state index in [4.69, 9.17) is 21.1 Å². The molecule has 0 spiro atoms. The number of hydrogen-bond acceptors (Lipinski definition) is 3. The van der Waals surface area contributed by atoms with Crippen molar-refractivity contribution >= 4 is 23.4 Å². The van der Waals surface area contributed by atoms with Crippen LogP contribution in [0.5, 0.6) is 11.5 Å². The van der Waals surface area contributed by atoms with Crippen molar-refractivity contribution in [2.75, 3.05) is 25.2 Å². The van der Waals surface area contributed by atoms with Crippen molar-refractivity contribution in [3.8, 4) is 11.5 Å². The van der Waals surface area contributed by atoms with Crippen molar-refractivity contribution in [3.05, 3.63) is 23.8 Å². The second kappa shape index (κ2) is 8.54. The van der Waals surface area contributed by atoms with Crippen LogP contribution in [0, 0.1) is 0 Å². The lowest BCUT2D eigenvalue weighted by Gasteiger charge is -2.11. The summed E-state index contributed by atoms with van der Waals surface area (Å²) in [6, 6.07) is 5.79. The van der Waals surface area contributed by atoms with Crippen LogP contribution in [0.25, 0.3) is 0 Å². The molecule has 0 aliphatic carbocycles. The second-order valence-electron chi connectivity index (χ2n) is 3.52. The molecule has 2 nitrogen and oxygen atoms in total. The summed E-state index contributed by atoms with van der Waals surface area (Å²) in [5, 5.41) is 0. The largest absolute Gasteiger partial charge is 0.493 e. The number of alkyl halides is 1. The number of methoxy groups -OCH3 is 1. The molecule has 0 radical (unpaired) electrons. The molecule has 0 unspecified atom stereocenters. The van der Waals surface area contributed by atoms with E-state index in [2.05, 4.69) is 6.92 Å². The summed E-state index contributed by atoms with van der Waals surface area (Å²) in [5.74, 6) is 4.33. The van der Waals surface area contributed by atoms with Gasteiger partial charge in [-0.15, -0.1) is 11.6 Å². The van der Waals surface area contributed by atoms with Crippen LogP contribution in [0.2, 0.25) is 0 Å². The third kappa shape index (κ3) is 5.09. The first-order valence-electron chi connectivity index (χ1n) is 5.75. The minimum absolute atomic E-state index is 0.492. The molecule has 96 valence electrons. The Labute approximate surface area is 113 Å². The molecule has 4 heteroatoms. The van der Waals surface area contributed by atoms with Gasteiger partial charge in [0.25, 0.3) is 0 Å². The van der Waals surface area contributed by atoms with Gasteiger partial charge in [-0.3, -0.25) is 0 Å². The van der Waals surface area contributed by atoms with Crippen LogP contribution in [0.15, 0.2) is 18.2 Å². The van der Waals surface area contributed by atoms with Crippen LogP contribution < -0.4 is 9.47 Å². The van der Waals surface area contributed by atoms with Crippen LogP contribution in [-0.4, -0.2) is 25.2 Å². The van der Waals surface area contributed by atoms with Crippen molar-refractivity contribution in [2.24, 2.45) is 0 Å². The van der Waals surface area contributed by atoms with E-state index < -0.39 is 0 Å². The number of thioether (sulfide) groups is 1. The topological polar surface area (TPSA) is 18.5 Å². The summed E-state index contributed by atoms with van der Waals surface area (Å²) in [5.41, 5.74) is 1.05. The summed E-state index contributed by atoms with van der Waals surface area (Å²) >= 11 is 7.73. The Bertz CT molecular complexity index is 331. The van der Waals surface area contributed by atoms with Crippen molar-refractivity contribution in [3.63, 3.8) is 0 Å². The Hall–Kier alpha value is -0.540. The first kappa shape index (κ1) is 14.5. The first-order chi connectivity index (χ1) is 8.31. The van der Waals surface area contributed by atoms with Gasteiger partial charge >= 0.3 is 0 Å². The van der Waals surface area contributed by atoms with Crippen molar-refractivity contribution < 1.29 is 9.47 Å². The van der Waals surface area contributed by atoms with Gasteiger partial charge in [0, 0.05) is 5.88 Å². The highest BCUT2D eigenvalue weighted by atomic mass is 35.5. The maximum absolute atomic E-state index is 5.80. The summed E-state index contributed by atoms with van der Waals surface area (Å²) in [4.78, 5) is 0. The molecule has 0 amide bonds. The van der Waals surface area contributed by atoms with E-state index >= 15 is 0 Å². The van der Waals surface area contributed by atoms with Gasteiger partial charge in [-0.25, -0.2) is 0 Å². The molecule has 1 aromatic rings. The van der Waals surface area contributed by atoms with Gasteiger partial charge in [0.2, 0.25) is 0 Å². The lowest BCUT2D eigenvalue weighted by atomic mass is 10.2. The SMILES string of the molecule is CCSCCCOc1cc(CCl)ccc1OC. The number of ether oxygens (including phenoxy) is 2. The summed E-state index contributed by atoms with van der Waals surface area (Å²) in [6.45, 7) is 2.88. The second-order valence-corrected chi connectivity index (χ2v) is 5.18. The molecule has 0 aliphatic heterocycles. The first-order valence-corrected chi connectivity index (χ1v) is 7.44. The van der Waals surface area contributed by atoms with Gasteiger partial charge in [-0.1, -0.05) is 13.0 Å². The minimum Gasteiger partial charge on any atom is -0.493 e. The lowest BCUT2D eigenvalue weighted by Crippen LogP contribution is -2.01. The van der Waals surface area contributed by atoms with Crippen molar-refractivity contribution in [1.82, 2.24) is 0 Å². The van der Waals surface area contributed by atoms with Gasteiger partial charge in [0.15, 0.2) is 11.5 Å². The van der Waals surface area contributed by atoms with Crippen LogP contribution >= 0.6 is 23.4 Å². The Morgan fingerprint density at radius 1 is 1.29 bits per heavy atom. The predicted molar refractivity (Wildman–Crippen MR) is 75.7 cm³/mol. The van der Waals surface area contributed by atoms with Gasteiger partial charge in [0.05, 0.1) is 13.7 Å². The average Bonchev–Trinajstić information content (AvgIpc) is 2.38. The molecule has 1 rings (SSSR count). The highest BCUT2D eigenvalue weighted by Gasteiger charge is 2.05. The highest BCUT2D eigenvalue weighted by Crippen LogP contribution is 2.28. The zero-order valence-corrected chi connectivity index (χ0v) is 11.9. The van der Waals surface area contributed by atoms with Gasteiger partial charge in [0.1, 0.15) is 0 Å². The smallest absolute Gasteiger partial charge is 0.161 e. The minimum atomic E-state index is 0.492. The molecule has 0 atom stereocenters. The average molecular weight is 275 g/mol. The zero-order chi connectivity index (χ0) is 12.5. The molecule has 0 fully saturated rings. The van der Waals surface area contributed by atoms with Crippen LogP contribution in [0.1, 0.15) is 18.9 Å². The normalized spacial score (nSPS) is 10.3. The fourth-order valence-electron chi connectivity index (χ4n) is 1.40. The van der Waals surface area contributed by atoms with Crippen LogP contribution in [-0.2, 0) is 5.88 Å². The molecule has 17 heavy (non-hydrogen) atoms. The third-order valence-electron chi connectivity index (χ3n) is 2.28. The summed E-state index contributed by atoms with van der Waals surface area (Å²) in [7, 11) is 1.65. The molecule has 0 heterocycles. The van der Waals surface area contributed by atoms with E-state index in [1.807, 2.05) is 30.0 Å². The lowest BCUT2D eigenvalue weighted by molar-refractivity contribution is 0.295. The van der Waals surface area contributed by atoms with E-state index in [0.29, 0.717) is 5.88 Å². The Morgan fingerprint density at radius 2 is 2.12 bits per heavy atom. The Kier molecular flexibility index (Phi) is 7.29. The zero-order valence-electron chi connectivity index (χ0n) is 10.4. The Morgan fingerprint density at radius 3 is 2.76 bits per heavy atom. The maximum atomic E-state index is 5.80. The number of rotatable bonds is 8. The number of benzene rings is 1. The monoisotopic (exact) mass is 274 g/mol. The molecule has 0 saturated carbocycles. The van der Waals surface area contributed by atoms with E-state index in [1.54, 1.807) is 7.11 Å². The van der Waals surface area contributed by atoms with Crippen molar-refractivity contribution in [1.29, 1.82) is 0 Å². The van der Waals surface area contributed by atoms with Crippen LogP contribution in [0.4, 0.5) is 0 Å². The summed E-state index contributed by atoms with van der Waals surface area (Å²) in [6.07, 6.45) is 1.05. The quantitative estimate of drug-likeness (QED) is 0.528. The Balaban J connectivity index is 2.49. The molecule has 0 aromatic heterocycles. The van der Waals surface area contributed by atoms with Gasteiger partial charge < -0.3 is 9.47 Å². The standard InChI is InChI=1S/C13H19ClO2S/c1-3-17-8-4-7-16-13-9-11(10-14)5-6-12(13)15-2/h5-6,9H,3-4,7-8,10H2,1-2H3. The van der Waals surface area contributed by atoms with E-state index in [0.717, 1.165) is 41.6 Å². The molecular weight excluding hydrogens is 256 g/mol. The molecule has 0 bridgehead atoms. The van der Waals surface area contributed by atoms with Crippen LogP contribution in [0.3, 0.4) is 0 Å². The number of hydrogen-bond donors (Lipinski definition) is 0. The number of halogens is 1. The fourth-order valence-corrected chi connectivity index (χ4v) is 2.18. The van der Waals surface area contributed by atoms with E-state index in [9.17, 15) is 0 Å². The highest BCUT2D eigenvalue weighted by molar-refractivity contribution is 7.99. The van der Waals surface area contributed by atoms with Gasteiger partial charge in [-0.2, -0.15) is 11.8 Å². The summed E-state index contributed by atoms with van der Waals surface area (Å²) < 4.78 is 11.0. The maximum Gasteiger partial charge on any atom is 0.161 e. The fraction of sp³-hybridized carbons (Fsp3) is 0.538. The van der Waals surface area contributed by atoms with Gasteiger partial charge in [-0.05, 0) is 35.6 Å². The van der Waals surface area contributed by atoms with E-state index in [-0.39, 0.29) is 0 Å². The third-order valence-corrected chi connectivity index (χ3v) is 3.57. The molecule has 1 aromatic carbocycles. The molecule has 0 aliphatic rings. The van der Waals surface area contributed by atoms with Crippen molar-refractivity contribution in [2.45, 2.75) is 19.2 Å². The molecule has 0 N–H and O–H groups in total. The predicted octanol–water partition coefficient (Wildman–Crippen LogP) is 3.96. The molecule has 0 saturated heterocycles.